The fraction of sp³-hybridized carbons (Fsp3) is 1.00. The summed E-state index contributed by atoms with van der Waals surface area (Å²) < 4.78 is 0. The van der Waals surface area contributed by atoms with Crippen LogP contribution in [0.15, 0.2) is 0 Å². The number of hydrogen-bond acceptors (Lipinski definition) is 1. The minimum atomic E-state index is -0.154. The fourth-order valence-electron chi connectivity index (χ4n) is 0. The van der Waals surface area contributed by atoms with Crippen LogP contribution in [0, 0.1) is 0 Å². The van der Waals surface area contributed by atoms with Gasteiger partial charge in [0.05, 0.1) is 0 Å². The quantitative estimate of drug-likeness (QED) is 0.463. The van der Waals surface area contributed by atoms with Crippen molar-refractivity contribution in [2.75, 3.05) is 13.7 Å². The van der Waals surface area contributed by atoms with Gasteiger partial charge in [0, 0.05) is 0 Å². The van der Waals surface area contributed by atoms with Crippen LogP contribution in [-0.2, 0) is 0 Å². The Kier molecular flexibility index (Phi) is 3.30. The fourth-order valence-corrected chi connectivity index (χ4v) is 0. The second-order valence-corrected chi connectivity index (χ2v) is 4.04. The van der Waals surface area contributed by atoms with E-state index in [1.807, 2.05) is 13.7 Å². The van der Waals surface area contributed by atoms with E-state index in [2.05, 4.69) is 13.4 Å². The summed E-state index contributed by atoms with van der Waals surface area (Å²) >= 11 is 0. The topological polar surface area (TPSA) is 12.0 Å². The summed E-state index contributed by atoms with van der Waals surface area (Å²) in [6.45, 7) is 2.04. The third-order valence-electron chi connectivity index (χ3n) is 0.324. The Morgan fingerprint density at radius 2 is 2.00 bits per heavy atom. The van der Waals surface area contributed by atoms with Gasteiger partial charge in [0.15, 0.2) is 0 Å². The van der Waals surface area contributed by atoms with Gasteiger partial charge < -0.3 is 0 Å². The zero-order valence-electron chi connectivity index (χ0n) is 3.39. The molecule has 0 aromatic carbocycles. The average Bonchev–Trinajstić information content (AvgIpc) is 1.38. The second kappa shape index (κ2) is 2.90. The van der Waals surface area contributed by atoms with E-state index in [0.29, 0.717) is 0 Å². The summed E-state index contributed by atoms with van der Waals surface area (Å²) in [4.78, 5) is 0. The van der Waals surface area contributed by atoms with Gasteiger partial charge in [0.2, 0.25) is 0 Å². The predicted octanol–water partition coefficient (Wildman–Crippen LogP) is 1.56. The first-order valence-electron chi connectivity index (χ1n) is 1.37. The van der Waals surface area contributed by atoms with E-state index in [9.17, 15) is 0 Å². The Bertz CT molecular complexity index is 69.5. The van der Waals surface area contributed by atoms with Crippen molar-refractivity contribution in [3.8, 4) is 0 Å². The van der Waals surface area contributed by atoms with Gasteiger partial charge in [0.25, 0.3) is 0 Å². The summed E-state index contributed by atoms with van der Waals surface area (Å²) in [6, 6.07) is 0. The molecule has 0 fully saturated rings. The summed E-state index contributed by atoms with van der Waals surface area (Å²) in [5.74, 6) is 0. The average molecular weight is 107 g/mol. The molecule has 0 aliphatic rings. The Labute approximate surface area is 35.3 Å². The van der Waals surface area contributed by atoms with Gasteiger partial charge in [-0.3, -0.25) is 0 Å². The molecule has 0 aliphatic carbocycles. The first-order valence-corrected chi connectivity index (χ1v) is 4.31. The van der Waals surface area contributed by atoms with Crippen LogP contribution in [0.5, 0.6) is 0 Å². The first kappa shape index (κ1) is 5.69. The number of rotatable bonds is 0. The molecule has 30 valence electrons. The Morgan fingerprint density at radius 1 is 1.80 bits per heavy atom. The second-order valence-electron chi connectivity index (χ2n) is 0.747. The van der Waals surface area contributed by atoms with Crippen LogP contribution in [0.4, 0.5) is 0 Å². The standard InChI is InChI=1S/C2H7NP2/c1-3-5(2)4/h3H,1-2H3. The van der Waals surface area contributed by atoms with Gasteiger partial charge in [-0.15, -0.1) is 0 Å². The van der Waals surface area contributed by atoms with Crippen molar-refractivity contribution >= 4 is 15.5 Å². The molecule has 0 saturated heterocycles. The van der Waals surface area contributed by atoms with E-state index in [1.165, 1.54) is 0 Å². The molecular formula is C2H7NP2. The third kappa shape index (κ3) is 4.69. The molecule has 1 unspecified atom stereocenters. The monoisotopic (exact) mass is 107 g/mol. The summed E-state index contributed by atoms with van der Waals surface area (Å²) in [7, 11) is 5.80. The van der Waals surface area contributed by atoms with Gasteiger partial charge >= 0.3 is 34.3 Å². The van der Waals surface area contributed by atoms with E-state index in [1.54, 1.807) is 0 Å². The summed E-state index contributed by atoms with van der Waals surface area (Å²) in [5.41, 5.74) is 0. The summed E-state index contributed by atoms with van der Waals surface area (Å²) in [6.07, 6.45) is 0. The van der Waals surface area contributed by atoms with Crippen molar-refractivity contribution in [2.45, 2.75) is 0 Å². The van der Waals surface area contributed by atoms with Crippen LogP contribution >= 0.6 is 15.5 Å². The molecule has 3 heteroatoms. The molecule has 1 nitrogen and oxygen atoms in total. The molecule has 0 amide bonds. The normalized spacial score (nSPS) is 11.0. The Hall–Kier alpha value is 0.690. The minimum absolute atomic E-state index is 0.154. The summed E-state index contributed by atoms with van der Waals surface area (Å²) in [5, 5.41) is 2.96. The van der Waals surface area contributed by atoms with Crippen LogP contribution in [0.25, 0.3) is 0 Å². The SMILES string of the molecule is CNP(C)#P. The van der Waals surface area contributed by atoms with Crippen LogP contribution < -0.4 is 5.09 Å². The third-order valence-corrected chi connectivity index (χ3v) is 1.57. The zero-order chi connectivity index (χ0) is 4.28. The maximum absolute atomic E-state index is 4.05. The van der Waals surface area contributed by atoms with Crippen molar-refractivity contribution in [1.82, 2.24) is 5.09 Å². The van der Waals surface area contributed by atoms with Crippen LogP contribution in [0.1, 0.15) is 0 Å². The molecule has 0 radical (unpaired) electrons. The molecule has 5 heavy (non-hydrogen) atoms. The Balaban J connectivity index is 2.97. The van der Waals surface area contributed by atoms with Crippen LogP contribution in [0.3, 0.4) is 0 Å². The molecule has 0 rings (SSSR count). The molecular weight excluding hydrogens is 100.0 g/mol. The molecule has 0 bridgehead atoms. The van der Waals surface area contributed by atoms with E-state index in [0.717, 1.165) is 0 Å². The molecule has 0 spiro atoms. The van der Waals surface area contributed by atoms with Gasteiger partial charge in [-0.1, -0.05) is 0 Å². The number of hydrogen-bond donors (Lipinski definition) is 1. The van der Waals surface area contributed by atoms with Crippen LogP contribution in [0.2, 0.25) is 0 Å². The van der Waals surface area contributed by atoms with Crippen molar-refractivity contribution in [3.05, 3.63) is 0 Å². The van der Waals surface area contributed by atoms with E-state index < -0.39 is 0 Å². The van der Waals surface area contributed by atoms with Gasteiger partial charge in [0.1, 0.15) is 0 Å². The predicted molar refractivity (Wildman–Crippen MR) is 28.8 cm³/mol. The molecule has 0 aromatic rings. The maximum atomic E-state index is 4.05. The van der Waals surface area contributed by atoms with E-state index >= 15 is 0 Å². The van der Waals surface area contributed by atoms with Crippen molar-refractivity contribution in [2.24, 2.45) is 0 Å². The van der Waals surface area contributed by atoms with Gasteiger partial charge in [-0.05, 0) is 0 Å². The molecule has 0 heterocycles. The molecule has 0 aromatic heterocycles. The van der Waals surface area contributed by atoms with Crippen molar-refractivity contribution in [1.29, 1.82) is 0 Å². The van der Waals surface area contributed by atoms with Crippen molar-refractivity contribution < 1.29 is 0 Å². The van der Waals surface area contributed by atoms with E-state index in [-0.39, 0.29) is 7.17 Å². The van der Waals surface area contributed by atoms with E-state index in [4.69, 9.17) is 0 Å². The van der Waals surface area contributed by atoms with Gasteiger partial charge in [-0.25, -0.2) is 0 Å². The van der Waals surface area contributed by atoms with Crippen LogP contribution in [-0.4, -0.2) is 13.7 Å². The molecule has 0 aliphatic heterocycles. The zero-order valence-corrected chi connectivity index (χ0v) is 5.18. The molecule has 1 N–H and O–H groups in total. The first-order chi connectivity index (χ1) is 2.27. The van der Waals surface area contributed by atoms with Gasteiger partial charge in [-0.2, -0.15) is 0 Å². The Morgan fingerprint density at radius 3 is 2.00 bits per heavy atom. The molecule has 1 atom stereocenters. The molecule has 0 saturated carbocycles. The number of nitrogens with one attached hydrogen (secondary N) is 1. The van der Waals surface area contributed by atoms with Crippen molar-refractivity contribution in [3.63, 3.8) is 0 Å².